The van der Waals surface area contributed by atoms with Crippen molar-refractivity contribution in [2.24, 2.45) is 23.2 Å². The lowest BCUT2D eigenvalue weighted by Gasteiger charge is -2.45. The van der Waals surface area contributed by atoms with Crippen molar-refractivity contribution in [3.63, 3.8) is 0 Å². The van der Waals surface area contributed by atoms with Crippen LogP contribution in [0.5, 0.6) is 0 Å². The quantitative estimate of drug-likeness (QED) is 0.378. The summed E-state index contributed by atoms with van der Waals surface area (Å²) in [6.07, 6.45) is 12.3. The van der Waals surface area contributed by atoms with Crippen molar-refractivity contribution in [2.75, 3.05) is 19.8 Å². The molecule has 0 aromatic carbocycles. The minimum absolute atomic E-state index is 0.00436. The zero-order chi connectivity index (χ0) is 28.8. The minimum atomic E-state index is -0.905. The van der Waals surface area contributed by atoms with Crippen molar-refractivity contribution in [1.82, 2.24) is 9.80 Å². The van der Waals surface area contributed by atoms with Crippen LogP contribution >= 0.6 is 11.8 Å². The first-order valence-electron chi connectivity index (χ1n) is 14.7. The lowest BCUT2D eigenvalue weighted by atomic mass is 9.78. The highest BCUT2D eigenvalue weighted by atomic mass is 32.2. The molecule has 4 aliphatic rings. The Kier molecular flexibility index (Phi) is 8.69. The lowest BCUT2D eigenvalue weighted by molar-refractivity contribution is -0.154. The van der Waals surface area contributed by atoms with Crippen LogP contribution in [0.2, 0.25) is 0 Å². The number of nitrogens with zero attached hydrogens (tertiary/aromatic N) is 2. The van der Waals surface area contributed by atoms with E-state index in [2.05, 4.69) is 60.6 Å². The highest BCUT2D eigenvalue weighted by Crippen LogP contribution is 2.61. The molecule has 1 unspecified atom stereocenters. The van der Waals surface area contributed by atoms with E-state index in [1.165, 1.54) is 0 Å². The van der Waals surface area contributed by atoms with E-state index in [1.807, 2.05) is 17.1 Å². The van der Waals surface area contributed by atoms with E-state index < -0.39 is 34.2 Å². The first-order chi connectivity index (χ1) is 18.2. The summed E-state index contributed by atoms with van der Waals surface area (Å²) in [5.74, 6) is -1.83. The van der Waals surface area contributed by atoms with Gasteiger partial charge in [0.05, 0.1) is 35.8 Å². The molecule has 7 nitrogen and oxygen atoms in total. The first kappa shape index (κ1) is 30.2. The van der Waals surface area contributed by atoms with Gasteiger partial charge in [0.25, 0.3) is 0 Å². The number of esters is 1. The molecule has 4 rings (SSSR count). The summed E-state index contributed by atoms with van der Waals surface area (Å²) in [7, 11) is 0. The molecule has 1 N–H and O–H groups in total. The van der Waals surface area contributed by atoms with Crippen LogP contribution in [0.25, 0.3) is 0 Å². The summed E-state index contributed by atoms with van der Waals surface area (Å²) in [4.78, 5) is 46.4. The molecule has 4 heterocycles. The molecule has 39 heavy (non-hydrogen) atoms. The van der Waals surface area contributed by atoms with Crippen LogP contribution in [0.3, 0.4) is 0 Å². The van der Waals surface area contributed by atoms with E-state index in [0.717, 1.165) is 25.7 Å². The maximum absolute atomic E-state index is 14.8. The van der Waals surface area contributed by atoms with Crippen molar-refractivity contribution in [1.29, 1.82) is 0 Å². The summed E-state index contributed by atoms with van der Waals surface area (Å²) in [6, 6.07) is -1.30. The number of carbonyl (C=O) groups is 3. The number of allylic oxidation sites excluding steroid dienone is 1. The van der Waals surface area contributed by atoms with Crippen molar-refractivity contribution in [2.45, 2.75) is 108 Å². The fourth-order valence-corrected chi connectivity index (χ4v) is 9.50. The van der Waals surface area contributed by atoms with Gasteiger partial charge in [0.15, 0.2) is 0 Å². The molecule has 0 aromatic rings. The third kappa shape index (κ3) is 5.70. The Morgan fingerprint density at radius 1 is 1.10 bits per heavy atom. The van der Waals surface area contributed by atoms with Crippen LogP contribution in [0.4, 0.5) is 0 Å². The second kappa shape index (κ2) is 11.2. The standard InChI is InChI=1S/C31H48N2O5S/c1-20(2)17-21(18-34)33-25-27(36)32(30(6,7)19-29(3,4)5)15-12-14-31(25)24(26(33)35)23-22(39-31)13-10-8-9-11-16-38-28(23)37/h10,12-14,20-25,34H,8-9,11,15-19H2,1-7H3/b13-10-/t21-,22+,23-,24+,25?,31+/m1/s1. The summed E-state index contributed by atoms with van der Waals surface area (Å²) < 4.78 is 4.81. The fraction of sp³-hybridized carbons (Fsp3) is 0.774. The third-order valence-corrected chi connectivity index (χ3v) is 10.3. The van der Waals surface area contributed by atoms with Crippen molar-refractivity contribution >= 4 is 29.5 Å². The van der Waals surface area contributed by atoms with Gasteiger partial charge in [0.2, 0.25) is 11.8 Å². The number of aliphatic hydroxyl groups excluding tert-OH is 1. The molecule has 6 atom stereocenters. The molecule has 0 aliphatic carbocycles. The van der Waals surface area contributed by atoms with Crippen LogP contribution in [-0.2, 0) is 19.1 Å². The Morgan fingerprint density at radius 2 is 1.82 bits per heavy atom. The van der Waals surface area contributed by atoms with Gasteiger partial charge < -0.3 is 19.6 Å². The van der Waals surface area contributed by atoms with E-state index >= 15 is 0 Å². The van der Waals surface area contributed by atoms with Crippen LogP contribution in [0.1, 0.15) is 80.6 Å². The largest absolute Gasteiger partial charge is 0.465 e. The zero-order valence-electron chi connectivity index (χ0n) is 24.8. The lowest BCUT2D eigenvalue weighted by Crippen LogP contribution is -2.60. The number of ether oxygens (including phenoxy) is 1. The predicted molar refractivity (Wildman–Crippen MR) is 155 cm³/mol. The number of amides is 2. The van der Waals surface area contributed by atoms with Crippen LogP contribution in [0, 0.1) is 23.2 Å². The molecule has 218 valence electrons. The molecule has 2 saturated heterocycles. The number of carbonyl (C=O) groups excluding carboxylic acids is 3. The zero-order valence-corrected chi connectivity index (χ0v) is 25.6. The SMILES string of the molecule is CC(C)C[C@H](CO)N1C(=O)[C@@H]2[C@@H]3C(=O)OCCCC/C=C\[C@@H]3S[C@@]23C=CCN(C(C)(C)CC(C)(C)C)C(=O)C13. The molecule has 1 spiro atoms. The van der Waals surface area contributed by atoms with Gasteiger partial charge in [-0.2, -0.15) is 0 Å². The smallest absolute Gasteiger partial charge is 0.311 e. The van der Waals surface area contributed by atoms with Crippen LogP contribution in [-0.4, -0.2) is 80.1 Å². The van der Waals surface area contributed by atoms with Crippen molar-refractivity contribution in [3.8, 4) is 0 Å². The number of rotatable bonds is 6. The molecule has 2 fully saturated rings. The second-order valence-electron chi connectivity index (χ2n) is 14.0. The molecular formula is C31H48N2O5S. The molecule has 2 amide bonds. The Morgan fingerprint density at radius 3 is 2.46 bits per heavy atom. The summed E-state index contributed by atoms with van der Waals surface area (Å²) >= 11 is 1.57. The minimum Gasteiger partial charge on any atom is -0.465 e. The molecule has 0 aromatic heterocycles. The molecule has 0 saturated carbocycles. The van der Waals surface area contributed by atoms with Crippen molar-refractivity contribution in [3.05, 3.63) is 24.3 Å². The Bertz CT molecular complexity index is 1010. The van der Waals surface area contributed by atoms with Gasteiger partial charge in [-0.15, -0.1) is 11.8 Å². The monoisotopic (exact) mass is 560 g/mol. The average molecular weight is 561 g/mol. The maximum atomic E-state index is 14.8. The van der Waals surface area contributed by atoms with Gasteiger partial charge in [0, 0.05) is 17.3 Å². The maximum Gasteiger partial charge on any atom is 0.311 e. The molecule has 0 bridgehead atoms. The number of fused-ring (bicyclic) bond motifs is 2. The highest BCUT2D eigenvalue weighted by molar-refractivity contribution is 8.02. The van der Waals surface area contributed by atoms with Gasteiger partial charge in [0.1, 0.15) is 6.04 Å². The number of hydrogen-bond donors (Lipinski definition) is 1. The van der Waals surface area contributed by atoms with Crippen LogP contribution < -0.4 is 0 Å². The van der Waals surface area contributed by atoms with Gasteiger partial charge in [-0.3, -0.25) is 14.4 Å². The molecule has 0 radical (unpaired) electrons. The Labute approximate surface area is 238 Å². The number of hydrogen-bond acceptors (Lipinski definition) is 6. The number of likely N-dealkylation sites (tertiary alicyclic amines) is 1. The number of cyclic esters (lactones) is 1. The molecular weight excluding hydrogens is 512 g/mol. The van der Waals surface area contributed by atoms with Gasteiger partial charge in [-0.05, 0) is 57.3 Å². The summed E-state index contributed by atoms with van der Waals surface area (Å²) in [5.41, 5.74) is -0.458. The average Bonchev–Trinajstić information content (AvgIpc) is 3.20. The highest BCUT2D eigenvalue weighted by Gasteiger charge is 2.72. The Hall–Kier alpha value is -1.80. The summed E-state index contributed by atoms with van der Waals surface area (Å²) in [5, 5.41) is 10.3. The van der Waals surface area contributed by atoms with E-state index in [0.29, 0.717) is 19.6 Å². The van der Waals surface area contributed by atoms with Gasteiger partial charge in [-0.25, -0.2) is 0 Å². The first-order valence-corrected chi connectivity index (χ1v) is 15.5. The molecule has 8 heteroatoms. The second-order valence-corrected chi connectivity index (χ2v) is 15.5. The normalized spacial score (nSPS) is 33.4. The third-order valence-electron chi connectivity index (χ3n) is 8.58. The van der Waals surface area contributed by atoms with Crippen molar-refractivity contribution < 1.29 is 24.2 Å². The predicted octanol–water partition coefficient (Wildman–Crippen LogP) is 4.59. The molecule has 4 aliphatic heterocycles. The van der Waals surface area contributed by atoms with E-state index in [1.54, 1.807) is 16.7 Å². The van der Waals surface area contributed by atoms with Gasteiger partial charge in [-0.1, -0.05) is 58.9 Å². The van der Waals surface area contributed by atoms with E-state index in [-0.39, 0.29) is 41.0 Å². The van der Waals surface area contributed by atoms with Gasteiger partial charge >= 0.3 is 5.97 Å². The summed E-state index contributed by atoms with van der Waals surface area (Å²) in [6.45, 7) is 15.4. The Balaban J connectivity index is 1.85. The number of aliphatic hydroxyl groups is 1. The number of thioether (sulfide) groups is 1. The fourth-order valence-electron chi connectivity index (χ4n) is 7.51. The van der Waals surface area contributed by atoms with E-state index in [9.17, 15) is 19.5 Å². The van der Waals surface area contributed by atoms with Crippen LogP contribution in [0.15, 0.2) is 24.3 Å². The van der Waals surface area contributed by atoms with E-state index in [4.69, 9.17) is 4.74 Å². The topological polar surface area (TPSA) is 87.2 Å².